The van der Waals surface area contributed by atoms with Crippen LogP contribution in [0.5, 0.6) is 0 Å². The van der Waals surface area contributed by atoms with E-state index in [1.54, 1.807) is 29.5 Å². The molecule has 0 aromatic carbocycles. The second kappa shape index (κ2) is 3.83. The summed E-state index contributed by atoms with van der Waals surface area (Å²) in [4.78, 5) is 14.3. The lowest BCUT2D eigenvalue weighted by Crippen LogP contribution is -1.99. The van der Waals surface area contributed by atoms with Gasteiger partial charge in [-0.25, -0.2) is 0 Å². The highest BCUT2D eigenvalue weighted by atomic mass is 16.1. The van der Waals surface area contributed by atoms with Crippen LogP contribution in [0.3, 0.4) is 0 Å². The van der Waals surface area contributed by atoms with Crippen molar-refractivity contribution in [3.8, 4) is 0 Å². The minimum atomic E-state index is 0.596. The average molecular weight is 187 g/mol. The van der Waals surface area contributed by atoms with Gasteiger partial charge in [0.15, 0.2) is 6.29 Å². The lowest BCUT2D eigenvalue weighted by molar-refractivity contribution is 0.112. The van der Waals surface area contributed by atoms with Crippen molar-refractivity contribution in [2.75, 3.05) is 0 Å². The Hall–Kier alpha value is -1.97. The Morgan fingerprint density at radius 1 is 1.36 bits per heavy atom. The second-order valence-electron chi connectivity index (χ2n) is 2.94. The number of aldehydes is 1. The third-order valence-electron chi connectivity index (χ3n) is 1.88. The fourth-order valence-electron chi connectivity index (χ4n) is 1.20. The zero-order chi connectivity index (χ0) is 9.80. The zero-order valence-electron chi connectivity index (χ0n) is 7.50. The molecular formula is C10H9N3O. The zero-order valence-corrected chi connectivity index (χ0v) is 7.50. The molecule has 0 atom stereocenters. The van der Waals surface area contributed by atoms with E-state index in [9.17, 15) is 4.79 Å². The highest BCUT2D eigenvalue weighted by Crippen LogP contribution is 2.01. The van der Waals surface area contributed by atoms with E-state index >= 15 is 0 Å². The SMILES string of the molecule is O=Cc1cnn(Cc2ccncc2)c1. The molecule has 2 aromatic rings. The molecule has 0 fully saturated rings. The fraction of sp³-hybridized carbons (Fsp3) is 0.100. The molecular weight excluding hydrogens is 178 g/mol. The Balaban J connectivity index is 2.15. The molecule has 2 rings (SSSR count). The first-order valence-corrected chi connectivity index (χ1v) is 4.25. The number of pyridine rings is 1. The van der Waals surface area contributed by atoms with Crippen LogP contribution in [0.4, 0.5) is 0 Å². The first kappa shape index (κ1) is 8.62. The topological polar surface area (TPSA) is 47.8 Å². The summed E-state index contributed by atoms with van der Waals surface area (Å²) < 4.78 is 1.72. The number of carbonyl (C=O) groups is 1. The summed E-state index contributed by atoms with van der Waals surface area (Å²) in [7, 11) is 0. The molecule has 0 radical (unpaired) electrons. The summed E-state index contributed by atoms with van der Waals surface area (Å²) in [5, 5.41) is 4.05. The van der Waals surface area contributed by atoms with E-state index < -0.39 is 0 Å². The van der Waals surface area contributed by atoms with Gasteiger partial charge >= 0.3 is 0 Å². The third-order valence-corrected chi connectivity index (χ3v) is 1.88. The van der Waals surface area contributed by atoms with E-state index in [0.29, 0.717) is 12.1 Å². The van der Waals surface area contributed by atoms with Crippen LogP contribution >= 0.6 is 0 Å². The van der Waals surface area contributed by atoms with Gasteiger partial charge in [-0.2, -0.15) is 5.10 Å². The van der Waals surface area contributed by atoms with Crippen LogP contribution in [0, 0.1) is 0 Å². The molecule has 2 aromatic heterocycles. The van der Waals surface area contributed by atoms with E-state index in [1.165, 1.54) is 0 Å². The minimum absolute atomic E-state index is 0.596. The lowest BCUT2D eigenvalue weighted by Gasteiger charge is -1.99. The standard InChI is InChI=1S/C10H9N3O/c14-8-10-5-12-13(7-10)6-9-1-3-11-4-2-9/h1-5,7-8H,6H2. The molecule has 4 nitrogen and oxygen atoms in total. The summed E-state index contributed by atoms with van der Waals surface area (Å²) in [6.07, 6.45) is 7.52. The van der Waals surface area contributed by atoms with Crippen LogP contribution in [0.15, 0.2) is 36.9 Å². The quantitative estimate of drug-likeness (QED) is 0.677. The van der Waals surface area contributed by atoms with E-state index in [4.69, 9.17) is 0 Å². The van der Waals surface area contributed by atoms with Crippen molar-refractivity contribution in [1.29, 1.82) is 0 Å². The Bertz CT molecular complexity index is 422. The average Bonchev–Trinajstić information content (AvgIpc) is 2.67. The summed E-state index contributed by atoms with van der Waals surface area (Å²) in [5.41, 5.74) is 1.71. The molecule has 0 amide bonds. The number of hydrogen-bond donors (Lipinski definition) is 0. The third kappa shape index (κ3) is 1.85. The number of hydrogen-bond acceptors (Lipinski definition) is 3. The van der Waals surface area contributed by atoms with Gasteiger partial charge in [-0.05, 0) is 17.7 Å². The van der Waals surface area contributed by atoms with Crippen LogP contribution < -0.4 is 0 Å². The van der Waals surface area contributed by atoms with Gasteiger partial charge in [0, 0.05) is 18.6 Å². The fourth-order valence-corrected chi connectivity index (χ4v) is 1.20. The first-order chi connectivity index (χ1) is 6.88. The van der Waals surface area contributed by atoms with Gasteiger partial charge in [-0.3, -0.25) is 14.5 Å². The van der Waals surface area contributed by atoms with Crippen molar-refractivity contribution >= 4 is 6.29 Å². The molecule has 70 valence electrons. The van der Waals surface area contributed by atoms with Crippen LogP contribution in [-0.2, 0) is 6.54 Å². The molecule has 4 heteroatoms. The number of nitrogens with zero attached hydrogens (tertiary/aromatic N) is 3. The van der Waals surface area contributed by atoms with Gasteiger partial charge in [0.2, 0.25) is 0 Å². The van der Waals surface area contributed by atoms with Crippen molar-refractivity contribution in [2.45, 2.75) is 6.54 Å². The molecule has 0 saturated carbocycles. The predicted molar refractivity (Wildman–Crippen MR) is 51.0 cm³/mol. The molecule has 0 bridgehead atoms. The largest absolute Gasteiger partial charge is 0.298 e. The highest BCUT2D eigenvalue weighted by Gasteiger charge is 1.97. The molecule has 0 N–H and O–H groups in total. The van der Waals surface area contributed by atoms with Crippen LogP contribution in [0.2, 0.25) is 0 Å². The highest BCUT2D eigenvalue weighted by molar-refractivity contribution is 5.73. The number of carbonyl (C=O) groups excluding carboxylic acids is 1. The summed E-state index contributed by atoms with van der Waals surface area (Å²) in [6.45, 7) is 0.663. The van der Waals surface area contributed by atoms with Crippen LogP contribution in [0.25, 0.3) is 0 Å². The van der Waals surface area contributed by atoms with Crippen LogP contribution in [-0.4, -0.2) is 21.1 Å². The summed E-state index contributed by atoms with van der Waals surface area (Å²) in [5.74, 6) is 0. The van der Waals surface area contributed by atoms with Gasteiger partial charge in [-0.1, -0.05) is 0 Å². The van der Waals surface area contributed by atoms with Crippen molar-refractivity contribution in [2.24, 2.45) is 0 Å². The Morgan fingerprint density at radius 3 is 2.79 bits per heavy atom. The summed E-state index contributed by atoms with van der Waals surface area (Å²) >= 11 is 0. The summed E-state index contributed by atoms with van der Waals surface area (Å²) in [6, 6.07) is 3.84. The van der Waals surface area contributed by atoms with Crippen molar-refractivity contribution < 1.29 is 4.79 Å². The number of aromatic nitrogens is 3. The van der Waals surface area contributed by atoms with Crippen molar-refractivity contribution in [3.63, 3.8) is 0 Å². The predicted octanol–water partition coefficient (Wildman–Crippen LogP) is 1.14. The maximum Gasteiger partial charge on any atom is 0.153 e. The monoisotopic (exact) mass is 187 g/mol. The molecule has 0 saturated heterocycles. The molecule has 0 aliphatic heterocycles. The molecule has 14 heavy (non-hydrogen) atoms. The smallest absolute Gasteiger partial charge is 0.153 e. The second-order valence-corrected chi connectivity index (χ2v) is 2.94. The minimum Gasteiger partial charge on any atom is -0.298 e. The first-order valence-electron chi connectivity index (χ1n) is 4.25. The van der Waals surface area contributed by atoms with Crippen LogP contribution in [0.1, 0.15) is 15.9 Å². The lowest BCUT2D eigenvalue weighted by atomic mass is 10.3. The van der Waals surface area contributed by atoms with Crippen molar-refractivity contribution in [1.82, 2.24) is 14.8 Å². The Morgan fingerprint density at radius 2 is 2.14 bits per heavy atom. The van der Waals surface area contributed by atoms with E-state index in [1.807, 2.05) is 12.1 Å². The molecule has 0 aliphatic carbocycles. The Kier molecular flexibility index (Phi) is 2.36. The van der Waals surface area contributed by atoms with E-state index in [2.05, 4.69) is 10.1 Å². The number of rotatable bonds is 3. The van der Waals surface area contributed by atoms with Gasteiger partial charge in [0.1, 0.15) is 0 Å². The molecule has 2 heterocycles. The normalized spacial score (nSPS) is 10.0. The molecule has 0 unspecified atom stereocenters. The Labute approximate surface area is 81.2 Å². The van der Waals surface area contributed by atoms with Gasteiger partial charge in [0.25, 0.3) is 0 Å². The maximum absolute atomic E-state index is 10.4. The van der Waals surface area contributed by atoms with Gasteiger partial charge in [0.05, 0.1) is 18.3 Å². The maximum atomic E-state index is 10.4. The molecule has 0 aliphatic rings. The molecule has 0 spiro atoms. The van der Waals surface area contributed by atoms with Crippen molar-refractivity contribution in [3.05, 3.63) is 48.0 Å². The van der Waals surface area contributed by atoms with Gasteiger partial charge in [-0.15, -0.1) is 0 Å². The van der Waals surface area contributed by atoms with E-state index in [0.717, 1.165) is 11.8 Å². The van der Waals surface area contributed by atoms with Gasteiger partial charge < -0.3 is 0 Å². The van der Waals surface area contributed by atoms with E-state index in [-0.39, 0.29) is 0 Å².